The van der Waals surface area contributed by atoms with E-state index in [-0.39, 0.29) is 6.61 Å². The van der Waals surface area contributed by atoms with Gasteiger partial charge in [-0.3, -0.25) is 0 Å². The Balaban J connectivity index is 2.38. The van der Waals surface area contributed by atoms with Crippen LogP contribution in [0.3, 0.4) is 0 Å². The van der Waals surface area contributed by atoms with Gasteiger partial charge in [0.05, 0.1) is 6.61 Å². The van der Waals surface area contributed by atoms with E-state index in [9.17, 15) is 0 Å². The fourth-order valence-corrected chi connectivity index (χ4v) is 2.90. The highest BCUT2D eigenvalue weighted by Crippen LogP contribution is 2.29. The molecule has 2 N–H and O–H groups in total. The normalized spacial score (nSPS) is 10.9. The molecule has 0 atom stereocenters. The van der Waals surface area contributed by atoms with E-state index in [4.69, 9.17) is 5.11 Å². The van der Waals surface area contributed by atoms with Gasteiger partial charge in [0.15, 0.2) is 0 Å². The molecule has 2 aromatic rings. The van der Waals surface area contributed by atoms with Crippen molar-refractivity contribution >= 4 is 39.3 Å². The first-order valence-electron chi connectivity index (χ1n) is 5.08. The maximum Gasteiger partial charge on any atom is 0.225 e. The third-order valence-electron chi connectivity index (χ3n) is 1.96. The molecule has 2 aromatic heterocycles. The van der Waals surface area contributed by atoms with Gasteiger partial charge in [0.1, 0.15) is 9.86 Å². The maximum atomic E-state index is 8.85. The number of aliphatic hydroxyl groups is 1. The summed E-state index contributed by atoms with van der Waals surface area (Å²) in [5.74, 6) is 1.32. The van der Waals surface area contributed by atoms with E-state index < -0.39 is 0 Å². The summed E-state index contributed by atoms with van der Waals surface area (Å²) < 4.78 is 0. The predicted molar refractivity (Wildman–Crippen MR) is 69.4 cm³/mol. The summed E-state index contributed by atoms with van der Waals surface area (Å²) in [6.07, 6.45) is 0. The molecule has 2 heterocycles. The third-order valence-corrected chi connectivity index (χ3v) is 3.73. The fourth-order valence-electron chi connectivity index (χ4n) is 1.32. The van der Waals surface area contributed by atoms with Crippen molar-refractivity contribution in [3.8, 4) is 0 Å². The van der Waals surface area contributed by atoms with Gasteiger partial charge in [-0.25, -0.2) is 9.97 Å². The van der Waals surface area contributed by atoms with Crippen LogP contribution in [0.1, 0.15) is 6.92 Å². The van der Waals surface area contributed by atoms with Crippen LogP contribution in [0.2, 0.25) is 0 Å². The number of anilines is 1. The number of aromatic nitrogens is 2. The van der Waals surface area contributed by atoms with Gasteiger partial charge < -0.3 is 10.4 Å². The molecule has 0 aliphatic carbocycles. The summed E-state index contributed by atoms with van der Waals surface area (Å²) in [5.41, 5.74) is 0. The van der Waals surface area contributed by atoms with Crippen molar-refractivity contribution < 1.29 is 5.11 Å². The molecule has 0 unspecified atom stereocenters. The number of hydrogen-bond acceptors (Lipinski definition) is 6. The van der Waals surface area contributed by atoms with Gasteiger partial charge in [-0.15, -0.1) is 23.1 Å². The van der Waals surface area contributed by atoms with Gasteiger partial charge >= 0.3 is 0 Å². The lowest BCUT2D eigenvalue weighted by atomic mass is 10.4. The van der Waals surface area contributed by atoms with Crippen LogP contribution in [0.4, 0.5) is 5.95 Å². The molecular weight excluding hydrogens is 242 g/mol. The summed E-state index contributed by atoms with van der Waals surface area (Å²) >= 11 is 3.17. The van der Waals surface area contributed by atoms with E-state index in [0.29, 0.717) is 11.7 Å². The van der Waals surface area contributed by atoms with Gasteiger partial charge in [-0.1, -0.05) is 0 Å². The van der Waals surface area contributed by atoms with Crippen molar-refractivity contribution in [2.24, 2.45) is 0 Å². The van der Waals surface area contributed by atoms with Crippen molar-refractivity contribution in [3.05, 3.63) is 11.4 Å². The number of nitrogens with one attached hydrogen (secondary N) is 1. The molecule has 0 bridgehead atoms. The number of nitrogens with zero attached hydrogens (tertiary/aromatic N) is 2. The zero-order valence-electron chi connectivity index (χ0n) is 8.93. The topological polar surface area (TPSA) is 58.0 Å². The van der Waals surface area contributed by atoms with Gasteiger partial charge in [-0.05, 0) is 18.4 Å². The second-order valence-corrected chi connectivity index (χ2v) is 5.07. The molecule has 0 spiro atoms. The van der Waals surface area contributed by atoms with Gasteiger partial charge in [0, 0.05) is 17.7 Å². The molecule has 0 saturated carbocycles. The maximum absolute atomic E-state index is 8.85. The monoisotopic (exact) mass is 255 g/mol. The second kappa shape index (κ2) is 5.47. The smallest absolute Gasteiger partial charge is 0.225 e. The van der Waals surface area contributed by atoms with E-state index >= 15 is 0 Å². The Labute approximate surface area is 102 Å². The molecule has 2 rings (SSSR count). The minimum absolute atomic E-state index is 0.164. The second-order valence-electron chi connectivity index (χ2n) is 3.09. The molecule has 0 saturated heterocycles. The van der Waals surface area contributed by atoms with Gasteiger partial charge in [0.2, 0.25) is 5.95 Å². The molecule has 86 valence electrons. The van der Waals surface area contributed by atoms with Crippen LogP contribution in [0, 0.1) is 0 Å². The first-order chi connectivity index (χ1) is 7.85. The van der Waals surface area contributed by atoms with Crippen molar-refractivity contribution in [2.75, 3.05) is 24.2 Å². The number of aliphatic hydroxyl groups excluding tert-OH is 1. The van der Waals surface area contributed by atoms with Crippen LogP contribution in [-0.2, 0) is 0 Å². The number of hydrogen-bond donors (Lipinski definition) is 2. The Hall–Kier alpha value is -0.850. The van der Waals surface area contributed by atoms with Crippen LogP contribution in [0.5, 0.6) is 0 Å². The lowest BCUT2D eigenvalue weighted by Crippen LogP contribution is -2.02. The Morgan fingerprint density at radius 2 is 2.38 bits per heavy atom. The summed E-state index contributed by atoms with van der Waals surface area (Å²) in [6, 6.07) is 2.02. The number of fused-ring (bicyclic) bond motifs is 1. The number of thiophene rings is 1. The highest BCUT2D eigenvalue weighted by atomic mass is 32.2. The number of thioether (sulfide) groups is 1. The molecule has 0 radical (unpaired) electrons. The molecule has 4 nitrogen and oxygen atoms in total. The van der Waals surface area contributed by atoms with Crippen LogP contribution in [0.15, 0.2) is 16.5 Å². The molecule has 0 aromatic carbocycles. The zero-order chi connectivity index (χ0) is 11.4. The Kier molecular flexibility index (Phi) is 3.98. The molecule has 0 fully saturated rings. The van der Waals surface area contributed by atoms with E-state index in [2.05, 4.69) is 15.3 Å². The Morgan fingerprint density at radius 3 is 3.12 bits per heavy atom. The van der Waals surface area contributed by atoms with Crippen molar-refractivity contribution in [3.63, 3.8) is 0 Å². The predicted octanol–water partition coefficient (Wildman–Crippen LogP) is 2.21. The average Bonchev–Trinajstić information content (AvgIpc) is 2.74. The average molecular weight is 255 g/mol. The lowest BCUT2D eigenvalue weighted by molar-refractivity contribution is 0.322. The van der Waals surface area contributed by atoms with E-state index in [1.165, 1.54) is 0 Å². The first-order valence-corrected chi connectivity index (χ1v) is 6.94. The molecule has 0 aliphatic rings. The summed E-state index contributed by atoms with van der Waals surface area (Å²) in [5, 5.41) is 16.0. The van der Waals surface area contributed by atoms with Crippen molar-refractivity contribution in [1.82, 2.24) is 9.97 Å². The fraction of sp³-hybridized carbons (Fsp3) is 0.400. The van der Waals surface area contributed by atoms with Crippen LogP contribution in [0.25, 0.3) is 10.2 Å². The van der Waals surface area contributed by atoms with Gasteiger partial charge in [0.25, 0.3) is 0 Å². The zero-order valence-corrected chi connectivity index (χ0v) is 10.6. The Morgan fingerprint density at radius 1 is 1.50 bits per heavy atom. The molecular formula is C10H13N3OS2. The lowest BCUT2D eigenvalue weighted by Gasteiger charge is -2.05. The minimum Gasteiger partial charge on any atom is -0.396 e. The van der Waals surface area contributed by atoms with E-state index in [1.807, 2.05) is 18.4 Å². The van der Waals surface area contributed by atoms with Crippen molar-refractivity contribution in [1.29, 1.82) is 0 Å². The molecule has 0 aliphatic heterocycles. The molecule has 6 heteroatoms. The first kappa shape index (κ1) is 11.6. The molecule has 0 amide bonds. The van der Waals surface area contributed by atoms with Crippen LogP contribution < -0.4 is 5.32 Å². The van der Waals surface area contributed by atoms with Crippen LogP contribution in [-0.4, -0.2) is 34.0 Å². The number of rotatable bonds is 5. The molecule has 16 heavy (non-hydrogen) atoms. The quantitative estimate of drug-likeness (QED) is 0.633. The highest BCUT2D eigenvalue weighted by molar-refractivity contribution is 7.99. The largest absolute Gasteiger partial charge is 0.396 e. The highest BCUT2D eigenvalue weighted by Gasteiger charge is 2.08. The SMILES string of the molecule is CCNc1nc(SCCO)c2ccsc2n1. The van der Waals surface area contributed by atoms with Crippen molar-refractivity contribution in [2.45, 2.75) is 11.9 Å². The summed E-state index contributed by atoms with van der Waals surface area (Å²) in [4.78, 5) is 9.84. The van der Waals surface area contributed by atoms with Crippen LogP contribution >= 0.6 is 23.1 Å². The third kappa shape index (κ3) is 2.45. The van der Waals surface area contributed by atoms with E-state index in [0.717, 1.165) is 21.8 Å². The minimum atomic E-state index is 0.164. The Bertz CT molecular complexity index is 472. The van der Waals surface area contributed by atoms with E-state index in [1.54, 1.807) is 23.1 Å². The summed E-state index contributed by atoms with van der Waals surface area (Å²) in [7, 11) is 0. The standard InChI is InChI=1S/C10H13N3OS2/c1-2-11-10-12-8-7(3-5-15-8)9(13-10)16-6-4-14/h3,5,14H,2,4,6H2,1H3,(H,11,12,13). The summed E-state index contributed by atoms with van der Waals surface area (Å²) in [6.45, 7) is 2.99. The van der Waals surface area contributed by atoms with Gasteiger partial charge in [-0.2, -0.15) is 0 Å².